The Kier molecular flexibility index (Phi) is 3.33. The zero-order valence-electron chi connectivity index (χ0n) is 13.4. The van der Waals surface area contributed by atoms with Crippen LogP contribution in [0.5, 0.6) is 0 Å². The molecule has 5 aliphatic carbocycles. The maximum Gasteiger partial charge on any atom is 0.242 e. The summed E-state index contributed by atoms with van der Waals surface area (Å²) in [5.74, 6) is 3.71. The summed E-state index contributed by atoms with van der Waals surface area (Å²) in [7, 11) is 2.05. The van der Waals surface area contributed by atoms with Gasteiger partial charge in [-0.1, -0.05) is 19.3 Å². The number of likely N-dealkylation sites (N-methyl/N-ethyl adjacent to an activating group) is 1. The summed E-state index contributed by atoms with van der Waals surface area (Å²) in [6, 6.07) is 0.493. The third-order valence-electron chi connectivity index (χ3n) is 7.12. The van der Waals surface area contributed by atoms with Crippen molar-refractivity contribution in [3.8, 4) is 0 Å². The number of hydrogen-bond donors (Lipinski definition) is 1. The first kappa shape index (κ1) is 14.0. The van der Waals surface area contributed by atoms with Gasteiger partial charge in [0.05, 0.1) is 5.54 Å². The molecular weight excluding hydrogens is 260 g/mol. The molecule has 2 N–H and O–H groups in total. The Hall–Kier alpha value is -0.570. The van der Waals surface area contributed by atoms with E-state index in [9.17, 15) is 4.79 Å². The van der Waals surface area contributed by atoms with Crippen molar-refractivity contribution >= 4 is 5.91 Å². The molecule has 5 saturated carbocycles. The number of nitrogens with zero attached hydrogens (tertiary/aromatic N) is 1. The number of carbonyl (C=O) groups is 1. The fraction of sp³-hybridized carbons (Fsp3) is 0.944. The molecule has 0 aliphatic heterocycles. The molecule has 4 bridgehead atoms. The molecule has 5 rings (SSSR count). The van der Waals surface area contributed by atoms with Gasteiger partial charge in [0.2, 0.25) is 5.91 Å². The Morgan fingerprint density at radius 1 is 0.952 bits per heavy atom. The van der Waals surface area contributed by atoms with Crippen LogP contribution >= 0.6 is 0 Å². The second-order valence-corrected chi connectivity index (χ2v) is 8.55. The van der Waals surface area contributed by atoms with E-state index in [4.69, 9.17) is 5.73 Å². The summed E-state index contributed by atoms with van der Waals surface area (Å²) in [4.78, 5) is 15.2. The molecule has 0 heterocycles. The summed E-state index contributed by atoms with van der Waals surface area (Å²) < 4.78 is 0. The van der Waals surface area contributed by atoms with Crippen molar-refractivity contribution in [1.82, 2.24) is 4.90 Å². The van der Waals surface area contributed by atoms with Crippen molar-refractivity contribution in [2.45, 2.75) is 75.8 Å². The van der Waals surface area contributed by atoms with Crippen LogP contribution in [-0.2, 0) is 4.79 Å². The molecule has 3 nitrogen and oxygen atoms in total. The van der Waals surface area contributed by atoms with Gasteiger partial charge in [-0.05, 0) is 68.6 Å². The van der Waals surface area contributed by atoms with Crippen LogP contribution < -0.4 is 5.73 Å². The van der Waals surface area contributed by atoms with Gasteiger partial charge in [0, 0.05) is 13.1 Å². The lowest BCUT2D eigenvalue weighted by Gasteiger charge is -2.57. The molecule has 0 aromatic carbocycles. The molecule has 0 unspecified atom stereocenters. The van der Waals surface area contributed by atoms with Gasteiger partial charge in [0.15, 0.2) is 0 Å². The van der Waals surface area contributed by atoms with Gasteiger partial charge in [-0.2, -0.15) is 0 Å². The highest BCUT2D eigenvalue weighted by Crippen LogP contribution is 2.55. The van der Waals surface area contributed by atoms with Crippen molar-refractivity contribution in [3.63, 3.8) is 0 Å². The molecule has 1 amide bonds. The van der Waals surface area contributed by atoms with Crippen molar-refractivity contribution < 1.29 is 4.79 Å². The summed E-state index contributed by atoms with van der Waals surface area (Å²) >= 11 is 0. The standard InChI is InChI=1S/C18H30N2O/c1-20(17(21)18(19)5-3-2-4-6-18)16-14-8-12-7-13(10-14)11-15(16)9-12/h12-16H,2-11,19H2,1H3. The lowest BCUT2D eigenvalue weighted by Crippen LogP contribution is -2.62. The van der Waals surface area contributed by atoms with Gasteiger partial charge >= 0.3 is 0 Å². The summed E-state index contributed by atoms with van der Waals surface area (Å²) in [6.45, 7) is 0. The minimum absolute atomic E-state index is 0.250. The first-order valence-electron chi connectivity index (χ1n) is 9.13. The van der Waals surface area contributed by atoms with E-state index in [2.05, 4.69) is 11.9 Å². The minimum atomic E-state index is -0.554. The Balaban J connectivity index is 1.52. The summed E-state index contributed by atoms with van der Waals surface area (Å²) in [5.41, 5.74) is 5.95. The van der Waals surface area contributed by atoms with Crippen LogP contribution in [0.25, 0.3) is 0 Å². The minimum Gasteiger partial charge on any atom is -0.341 e. The van der Waals surface area contributed by atoms with Crippen molar-refractivity contribution in [2.24, 2.45) is 29.4 Å². The highest BCUT2D eigenvalue weighted by atomic mass is 16.2. The fourth-order valence-electron chi connectivity index (χ4n) is 6.41. The van der Waals surface area contributed by atoms with E-state index in [1.807, 2.05) is 0 Å². The molecule has 5 aliphatic rings. The molecule has 0 spiro atoms. The van der Waals surface area contributed by atoms with Crippen molar-refractivity contribution in [1.29, 1.82) is 0 Å². The maximum atomic E-state index is 13.0. The fourth-order valence-corrected chi connectivity index (χ4v) is 6.41. The Morgan fingerprint density at radius 2 is 1.48 bits per heavy atom. The van der Waals surface area contributed by atoms with Gasteiger partial charge in [0.25, 0.3) is 0 Å². The van der Waals surface area contributed by atoms with Gasteiger partial charge in [0.1, 0.15) is 0 Å². The third-order valence-corrected chi connectivity index (χ3v) is 7.12. The highest BCUT2D eigenvalue weighted by Gasteiger charge is 2.51. The van der Waals surface area contributed by atoms with Gasteiger partial charge in [-0.3, -0.25) is 4.79 Å². The van der Waals surface area contributed by atoms with E-state index >= 15 is 0 Å². The molecule has 5 fully saturated rings. The first-order chi connectivity index (χ1) is 10.1. The van der Waals surface area contributed by atoms with Crippen LogP contribution in [0.1, 0.15) is 64.2 Å². The lowest BCUT2D eigenvalue weighted by molar-refractivity contribution is -0.148. The van der Waals surface area contributed by atoms with E-state index in [0.717, 1.165) is 49.4 Å². The number of hydrogen-bond acceptors (Lipinski definition) is 2. The van der Waals surface area contributed by atoms with Crippen LogP contribution in [0.2, 0.25) is 0 Å². The zero-order valence-corrected chi connectivity index (χ0v) is 13.4. The molecular formula is C18H30N2O. The smallest absolute Gasteiger partial charge is 0.242 e. The van der Waals surface area contributed by atoms with Crippen molar-refractivity contribution in [2.75, 3.05) is 7.05 Å². The summed E-state index contributed by atoms with van der Waals surface area (Å²) in [5, 5.41) is 0. The van der Waals surface area contributed by atoms with Gasteiger partial charge < -0.3 is 10.6 Å². The Labute approximate surface area is 128 Å². The second kappa shape index (κ2) is 4.97. The topological polar surface area (TPSA) is 46.3 Å². The zero-order chi connectivity index (χ0) is 14.6. The average molecular weight is 290 g/mol. The number of nitrogens with two attached hydrogens (primary N) is 1. The molecule has 0 saturated heterocycles. The van der Waals surface area contributed by atoms with E-state index in [1.54, 1.807) is 0 Å². The third kappa shape index (κ3) is 2.23. The normalized spacial score (nSPS) is 43.8. The van der Waals surface area contributed by atoms with Crippen LogP contribution in [0.3, 0.4) is 0 Å². The van der Waals surface area contributed by atoms with Gasteiger partial charge in [-0.25, -0.2) is 0 Å². The van der Waals surface area contributed by atoms with Crippen molar-refractivity contribution in [3.05, 3.63) is 0 Å². The largest absolute Gasteiger partial charge is 0.341 e. The molecule has 3 heteroatoms. The van der Waals surface area contributed by atoms with E-state index in [1.165, 1.54) is 38.5 Å². The van der Waals surface area contributed by atoms with E-state index in [0.29, 0.717) is 6.04 Å². The molecule has 118 valence electrons. The first-order valence-corrected chi connectivity index (χ1v) is 9.13. The van der Waals surface area contributed by atoms with Crippen LogP contribution in [0.15, 0.2) is 0 Å². The quantitative estimate of drug-likeness (QED) is 0.850. The molecule has 0 radical (unpaired) electrons. The monoisotopic (exact) mass is 290 g/mol. The lowest BCUT2D eigenvalue weighted by atomic mass is 9.54. The maximum absolute atomic E-state index is 13.0. The number of rotatable bonds is 2. The number of amides is 1. The van der Waals surface area contributed by atoms with Crippen LogP contribution in [0.4, 0.5) is 0 Å². The predicted molar refractivity (Wildman–Crippen MR) is 83.6 cm³/mol. The average Bonchev–Trinajstić information content (AvgIpc) is 2.46. The molecule has 0 aromatic heterocycles. The number of carbonyl (C=O) groups excluding carboxylic acids is 1. The highest BCUT2D eigenvalue weighted by molar-refractivity contribution is 5.86. The molecule has 0 aromatic rings. The predicted octanol–water partition coefficient (Wildman–Crippen LogP) is 2.93. The van der Waals surface area contributed by atoms with E-state index < -0.39 is 5.54 Å². The molecule has 0 atom stereocenters. The Morgan fingerprint density at radius 3 is 2.00 bits per heavy atom. The SMILES string of the molecule is CN(C(=O)C1(N)CCCCC1)C1C2CC3CC(C2)CC1C3. The second-order valence-electron chi connectivity index (χ2n) is 8.55. The Bertz CT molecular complexity index is 399. The van der Waals surface area contributed by atoms with Crippen LogP contribution in [-0.4, -0.2) is 29.4 Å². The summed E-state index contributed by atoms with van der Waals surface area (Å²) in [6.07, 6.45) is 12.2. The van der Waals surface area contributed by atoms with Gasteiger partial charge in [-0.15, -0.1) is 0 Å². The van der Waals surface area contributed by atoms with E-state index in [-0.39, 0.29) is 5.91 Å². The molecule has 21 heavy (non-hydrogen) atoms. The van der Waals surface area contributed by atoms with Crippen LogP contribution in [0, 0.1) is 23.7 Å².